The maximum Gasteiger partial charge on any atom is 0.307 e. The van der Waals surface area contributed by atoms with Crippen LogP contribution in [0.4, 0.5) is 0 Å². The molecule has 2 N–H and O–H groups in total. The molecular weight excluding hydrogens is 408 g/mol. The number of nitrogens with zero attached hydrogens (tertiary/aromatic N) is 2. The van der Waals surface area contributed by atoms with E-state index in [1.165, 1.54) is 0 Å². The summed E-state index contributed by atoms with van der Waals surface area (Å²) in [5.74, 6) is 0.466. The van der Waals surface area contributed by atoms with Gasteiger partial charge in [-0.05, 0) is 56.2 Å². The van der Waals surface area contributed by atoms with Crippen LogP contribution >= 0.6 is 0 Å². The fourth-order valence-corrected chi connectivity index (χ4v) is 3.54. The highest BCUT2D eigenvalue weighted by atomic mass is 16.5. The zero-order valence-electron chi connectivity index (χ0n) is 18.7. The van der Waals surface area contributed by atoms with Gasteiger partial charge in [0.25, 0.3) is 0 Å². The SMILES string of the molecule is CCOc1ccc(CC(=O)O)cc1-c1cc(-c2ccccc2OCC)n(C[C@H](O)CC)n1. The van der Waals surface area contributed by atoms with E-state index < -0.39 is 12.1 Å². The normalized spacial score (nSPS) is 11.9. The van der Waals surface area contributed by atoms with Gasteiger partial charge in [-0.3, -0.25) is 9.48 Å². The molecule has 0 fully saturated rings. The van der Waals surface area contributed by atoms with E-state index in [9.17, 15) is 15.0 Å². The van der Waals surface area contributed by atoms with Crippen molar-refractivity contribution in [1.29, 1.82) is 0 Å². The summed E-state index contributed by atoms with van der Waals surface area (Å²) in [7, 11) is 0. The van der Waals surface area contributed by atoms with E-state index in [1.807, 2.05) is 51.1 Å². The number of hydrogen-bond donors (Lipinski definition) is 2. The van der Waals surface area contributed by atoms with Crippen LogP contribution in [0.2, 0.25) is 0 Å². The number of para-hydroxylation sites is 1. The Bertz CT molecular complexity index is 1060. The Kier molecular flexibility index (Phi) is 7.89. The van der Waals surface area contributed by atoms with Gasteiger partial charge in [0, 0.05) is 11.1 Å². The van der Waals surface area contributed by atoms with Gasteiger partial charge in [-0.1, -0.05) is 25.1 Å². The molecule has 0 saturated carbocycles. The summed E-state index contributed by atoms with van der Waals surface area (Å²) >= 11 is 0. The maximum atomic E-state index is 11.2. The quantitative estimate of drug-likeness (QED) is 0.461. The summed E-state index contributed by atoms with van der Waals surface area (Å²) in [6.07, 6.45) is -0.0418. The molecule has 3 rings (SSSR count). The van der Waals surface area contributed by atoms with Gasteiger partial charge in [0.15, 0.2) is 0 Å². The van der Waals surface area contributed by atoms with Crippen LogP contribution in [0.15, 0.2) is 48.5 Å². The van der Waals surface area contributed by atoms with Gasteiger partial charge < -0.3 is 19.7 Å². The van der Waals surface area contributed by atoms with Crippen molar-refractivity contribution in [3.05, 3.63) is 54.1 Å². The largest absolute Gasteiger partial charge is 0.493 e. The first-order valence-electron chi connectivity index (χ1n) is 10.9. The van der Waals surface area contributed by atoms with Gasteiger partial charge in [-0.25, -0.2) is 0 Å². The van der Waals surface area contributed by atoms with Gasteiger partial charge in [0.05, 0.1) is 43.7 Å². The van der Waals surface area contributed by atoms with Crippen molar-refractivity contribution in [2.45, 2.75) is 46.3 Å². The second-order valence-corrected chi connectivity index (χ2v) is 7.42. The van der Waals surface area contributed by atoms with E-state index in [0.29, 0.717) is 48.7 Å². The van der Waals surface area contributed by atoms with E-state index >= 15 is 0 Å². The maximum absolute atomic E-state index is 11.2. The van der Waals surface area contributed by atoms with Crippen molar-refractivity contribution in [2.24, 2.45) is 0 Å². The molecule has 7 nitrogen and oxygen atoms in total. The summed E-state index contributed by atoms with van der Waals surface area (Å²) in [6.45, 7) is 7.08. The Morgan fingerprint density at radius 1 is 1.00 bits per heavy atom. The topological polar surface area (TPSA) is 93.8 Å². The molecule has 1 atom stereocenters. The Balaban J connectivity index is 2.16. The molecule has 1 heterocycles. The highest BCUT2D eigenvalue weighted by Crippen LogP contribution is 2.36. The number of aliphatic hydroxyl groups excluding tert-OH is 1. The van der Waals surface area contributed by atoms with Crippen LogP contribution in [-0.2, 0) is 17.8 Å². The Morgan fingerprint density at radius 3 is 2.34 bits per heavy atom. The molecule has 0 bridgehead atoms. The zero-order valence-corrected chi connectivity index (χ0v) is 18.7. The number of ether oxygens (including phenoxy) is 2. The van der Waals surface area contributed by atoms with Gasteiger partial charge in [-0.15, -0.1) is 0 Å². The standard InChI is InChI=1S/C25H30N2O5/c1-4-18(28)16-27-22(19-9-7-8-10-23(19)31-5-2)15-21(26-27)20-13-17(14-25(29)30)11-12-24(20)32-6-3/h7-13,15,18,28H,4-6,14,16H2,1-3H3,(H,29,30)/t18-/m1/s1. The van der Waals surface area contributed by atoms with Crippen LogP contribution in [0.1, 0.15) is 32.8 Å². The van der Waals surface area contributed by atoms with E-state index in [2.05, 4.69) is 0 Å². The number of carbonyl (C=O) groups is 1. The molecule has 0 amide bonds. The lowest BCUT2D eigenvalue weighted by molar-refractivity contribution is -0.136. The minimum Gasteiger partial charge on any atom is -0.493 e. The Hall–Kier alpha value is -3.32. The lowest BCUT2D eigenvalue weighted by atomic mass is 10.0. The van der Waals surface area contributed by atoms with Gasteiger partial charge in [-0.2, -0.15) is 5.10 Å². The molecule has 0 aliphatic heterocycles. The third kappa shape index (κ3) is 5.48. The number of aliphatic hydroxyl groups is 1. The summed E-state index contributed by atoms with van der Waals surface area (Å²) < 4.78 is 13.4. The fraction of sp³-hybridized carbons (Fsp3) is 0.360. The van der Waals surface area contributed by atoms with E-state index in [0.717, 1.165) is 17.0 Å². The second-order valence-electron chi connectivity index (χ2n) is 7.42. The number of carboxylic acid groups (broad SMARTS) is 1. The monoisotopic (exact) mass is 438 g/mol. The number of aliphatic carboxylic acids is 1. The molecule has 0 radical (unpaired) electrons. The number of hydrogen-bond acceptors (Lipinski definition) is 5. The molecule has 32 heavy (non-hydrogen) atoms. The fourth-order valence-electron chi connectivity index (χ4n) is 3.54. The predicted octanol–water partition coefficient (Wildman–Crippen LogP) is 4.41. The molecule has 2 aromatic carbocycles. The van der Waals surface area contributed by atoms with Crippen LogP contribution < -0.4 is 9.47 Å². The summed E-state index contributed by atoms with van der Waals surface area (Å²) in [5, 5.41) is 24.3. The molecule has 170 valence electrons. The summed E-state index contributed by atoms with van der Waals surface area (Å²) in [6, 6.07) is 15.0. The molecule has 0 aliphatic rings. The van der Waals surface area contributed by atoms with Crippen molar-refractivity contribution >= 4 is 5.97 Å². The number of benzene rings is 2. The van der Waals surface area contributed by atoms with Crippen LogP contribution in [0.3, 0.4) is 0 Å². The first kappa shape index (κ1) is 23.3. The van der Waals surface area contributed by atoms with Gasteiger partial charge in [0.1, 0.15) is 11.5 Å². The van der Waals surface area contributed by atoms with Crippen LogP contribution in [-0.4, -0.2) is 45.3 Å². The minimum atomic E-state index is -0.900. The number of aromatic nitrogens is 2. The Morgan fingerprint density at radius 2 is 1.69 bits per heavy atom. The molecule has 3 aromatic rings. The van der Waals surface area contributed by atoms with Crippen molar-refractivity contribution in [3.63, 3.8) is 0 Å². The third-order valence-corrected chi connectivity index (χ3v) is 5.07. The third-order valence-electron chi connectivity index (χ3n) is 5.07. The molecule has 1 aromatic heterocycles. The highest BCUT2D eigenvalue weighted by molar-refractivity contribution is 5.77. The number of carboxylic acids is 1. The van der Waals surface area contributed by atoms with Crippen LogP contribution in [0, 0.1) is 0 Å². The predicted molar refractivity (Wildman–Crippen MR) is 123 cm³/mol. The van der Waals surface area contributed by atoms with Gasteiger partial charge >= 0.3 is 5.97 Å². The average molecular weight is 439 g/mol. The van der Waals surface area contributed by atoms with Crippen molar-refractivity contribution in [1.82, 2.24) is 9.78 Å². The lowest BCUT2D eigenvalue weighted by Gasteiger charge is -2.14. The smallest absolute Gasteiger partial charge is 0.307 e. The van der Waals surface area contributed by atoms with Crippen LogP contribution in [0.25, 0.3) is 22.5 Å². The molecule has 0 aliphatic carbocycles. The minimum absolute atomic E-state index is 0.0886. The van der Waals surface area contributed by atoms with E-state index in [-0.39, 0.29) is 6.42 Å². The number of rotatable bonds is 11. The molecule has 0 spiro atoms. The molecule has 7 heteroatoms. The zero-order chi connectivity index (χ0) is 23.1. The summed E-state index contributed by atoms with van der Waals surface area (Å²) in [5.41, 5.74) is 3.70. The summed E-state index contributed by atoms with van der Waals surface area (Å²) in [4.78, 5) is 11.2. The molecule has 0 saturated heterocycles. The second kappa shape index (κ2) is 10.8. The van der Waals surface area contributed by atoms with Crippen molar-refractivity contribution < 1.29 is 24.5 Å². The molecule has 0 unspecified atom stereocenters. The average Bonchev–Trinajstić information content (AvgIpc) is 3.18. The highest BCUT2D eigenvalue weighted by Gasteiger charge is 2.19. The first-order valence-corrected chi connectivity index (χ1v) is 10.9. The molecular formula is C25H30N2O5. The van der Waals surface area contributed by atoms with Crippen LogP contribution in [0.5, 0.6) is 11.5 Å². The Labute approximate surface area is 188 Å². The lowest BCUT2D eigenvalue weighted by Crippen LogP contribution is -2.16. The van der Waals surface area contributed by atoms with Crippen molar-refractivity contribution in [2.75, 3.05) is 13.2 Å². The van der Waals surface area contributed by atoms with E-state index in [4.69, 9.17) is 14.6 Å². The first-order chi connectivity index (χ1) is 15.5. The van der Waals surface area contributed by atoms with E-state index in [1.54, 1.807) is 22.9 Å². The van der Waals surface area contributed by atoms with Gasteiger partial charge in [0.2, 0.25) is 0 Å². The van der Waals surface area contributed by atoms with Crippen molar-refractivity contribution in [3.8, 4) is 34.0 Å².